The number of hydrogen-bond acceptors (Lipinski definition) is 5. The normalized spacial score (nSPS) is 14.9. The van der Waals surface area contributed by atoms with E-state index in [1.807, 2.05) is 24.3 Å². The van der Waals surface area contributed by atoms with Crippen molar-refractivity contribution in [3.8, 4) is 16.9 Å². The Morgan fingerprint density at radius 1 is 1.06 bits per heavy atom. The average Bonchev–Trinajstić information content (AvgIpc) is 3.15. The number of fused-ring (bicyclic) bond motifs is 1. The molecule has 0 radical (unpaired) electrons. The molecule has 0 bridgehead atoms. The number of benzene rings is 2. The van der Waals surface area contributed by atoms with E-state index in [1.54, 1.807) is 6.92 Å². The summed E-state index contributed by atoms with van der Waals surface area (Å²) in [5.41, 5.74) is 4.98. The fraction of sp³-hybridized carbons (Fsp3) is 0.333. The van der Waals surface area contributed by atoms with Gasteiger partial charge >= 0.3 is 5.97 Å². The van der Waals surface area contributed by atoms with Crippen LogP contribution >= 0.6 is 11.3 Å². The van der Waals surface area contributed by atoms with Crippen LogP contribution < -0.4 is 10.1 Å². The van der Waals surface area contributed by atoms with Gasteiger partial charge in [-0.3, -0.25) is 4.79 Å². The molecule has 1 N–H and O–H groups in total. The van der Waals surface area contributed by atoms with Crippen molar-refractivity contribution in [2.24, 2.45) is 5.92 Å². The molecule has 0 saturated heterocycles. The first-order valence-electron chi connectivity index (χ1n) is 11.4. The molecule has 6 heteroatoms. The summed E-state index contributed by atoms with van der Waals surface area (Å²) in [6.45, 7) is 6.23. The molecular formula is C27H29NO4S. The summed E-state index contributed by atoms with van der Waals surface area (Å²) in [6, 6.07) is 16.0. The van der Waals surface area contributed by atoms with Crippen LogP contribution in [0.3, 0.4) is 0 Å². The molecule has 0 spiro atoms. The summed E-state index contributed by atoms with van der Waals surface area (Å²) in [6.07, 6.45) is 2.79. The highest BCUT2D eigenvalue weighted by atomic mass is 32.1. The Morgan fingerprint density at radius 2 is 1.73 bits per heavy atom. The minimum Gasteiger partial charge on any atom is -0.484 e. The lowest BCUT2D eigenvalue weighted by atomic mass is 9.88. The summed E-state index contributed by atoms with van der Waals surface area (Å²) < 4.78 is 11.0. The maximum Gasteiger partial charge on any atom is 0.341 e. The number of hydrogen-bond donors (Lipinski definition) is 1. The van der Waals surface area contributed by atoms with Crippen molar-refractivity contribution < 1.29 is 19.1 Å². The fourth-order valence-electron chi connectivity index (χ4n) is 4.06. The van der Waals surface area contributed by atoms with Crippen LogP contribution in [0, 0.1) is 12.8 Å². The number of amides is 1. The molecule has 1 atom stereocenters. The molecule has 5 nitrogen and oxygen atoms in total. The highest BCUT2D eigenvalue weighted by Gasteiger charge is 2.29. The van der Waals surface area contributed by atoms with Crippen molar-refractivity contribution >= 4 is 28.2 Å². The lowest BCUT2D eigenvalue weighted by Gasteiger charge is -2.18. The lowest BCUT2D eigenvalue weighted by Crippen LogP contribution is -2.21. The maximum atomic E-state index is 12.6. The second-order valence-electron chi connectivity index (χ2n) is 8.50. The van der Waals surface area contributed by atoms with Gasteiger partial charge < -0.3 is 14.8 Å². The van der Waals surface area contributed by atoms with Crippen LogP contribution in [0.4, 0.5) is 5.00 Å². The van der Waals surface area contributed by atoms with Gasteiger partial charge in [0.05, 0.1) is 12.2 Å². The Balaban J connectivity index is 1.41. The molecule has 0 aliphatic heterocycles. The van der Waals surface area contributed by atoms with Crippen molar-refractivity contribution in [3.63, 3.8) is 0 Å². The molecule has 1 amide bonds. The van der Waals surface area contributed by atoms with Crippen LogP contribution in [0.15, 0.2) is 48.5 Å². The third kappa shape index (κ3) is 5.45. The fourth-order valence-corrected chi connectivity index (χ4v) is 5.47. The Bertz CT molecular complexity index is 1130. The molecule has 1 unspecified atom stereocenters. The first-order chi connectivity index (χ1) is 15.9. The van der Waals surface area contributed by atoms with Gasteiger partial charge in [0.15, 0.2) is 6.61 Å². The summed E-state index contributed by atoms with van der Waals surface area (Å²) in [4.78, 5) is 26.4. The van der Waals surface area contributed by atoms with E-state index in [0.29, 0.717) is 28.8 Å². The topological polar surface area (TPSA) is 64.6 Å². The lowest BCUT2D eigenvalue weighted by molar-refractivity contribution is -0.118. The van der Waals surface area contributed by atoms with Crippen molar-refractivity contribution in [1.29, 1.82) is 0 Å². The van der Waals surface area contributed by atoms with Gasteiger partial charge in [-0.25, -0.2) is 4.79 Å². The Kier molecular flexibility index (Phi) is 7.14. The van der Waals surface area contributed by atoms with Crippen molar-refractivity contribution in [2.75, 3.05) is 18.5 Å². The minimum atomic E-state index is -0.368. The number of carbonyl (C=O) groups excluding carboxylic acids is 2. The van der Waals surface area contributed by atoms with E-state index in [2.05, 4.69) is 43.4 Å². The quantitative estimate of drug-likeness (QED) is 0.434. The highest BCUT2D eigenvalue weighted by molar-refractivity contribution is 7.17. The SMILES string of the molecule is CCOC(=O)c1c(NC(=O)COc2ccc(-c3ccc(C)cc3)cc2)sc2c1CCC(C)C2. The second kappa shape index (κ2) is 10.2. The molecule has 1 heterocycles. The van der Waals surface area contributed by atoms with E-state index in [9.17, 15) is 9.59 Å². The molecule has 2 aromatic carbocycles. The third-order valence-electron chi connectivity index (χ3n) is 5.85. The molecule has 0 fully saturated rings. The van der Waals surface area contributed by atoms with Gasteiger partial charge in [-0.1, -0.05) is 48.9 Å². The second-order valence-corrected chi connectivity index (χ2v) is 9.61. The summed E-state index contributed by atoms with van der Waals surface area (Å²) in [5.74, 6) is 0.522. The van der Waals surface area contributed by atoms with Crippen LogP contribution in [0.25, 0.3) is 11.1 Å². The average molecular weight is 464 g/mol. The summed E-state index contributed by atoms with van der Waals surface area (Å²) in [7, 11) is 0. The van der Waals surface area contributed by atoms with Crippen molar-refractivity contribution in [3.05, 3.63) is 70.1 Å². The van der Waals surface area contributed by atoms with Crippen LogP contribution in [-0.2, 0) is 22.4 Å². The van der Waals surface area contributed by atoms with E-state index >= 15 is 0 Å². The number of esters is 1. The van der Waals surface area contributed by atoms with Crippen molar-refractivity contribution in [2.45, 2.75) is 40.0 Å². The highest BCUT2D eigenvalue weighted by Crippen LogP contribution is 2.40. The first kappa shape index (κ1) is 23.1. The molecule has 0 saturated carbocycles. The van der Waals surface area contributed by atoms with Crippen LogP contribution in [0.2, 0.25) is 0 Å². The Morgan fingerprint density at radius 3 is 2.39 bits per heavy atom. The van der Waals surface area contributed by atoms with Crippen LogP contribution in [-0.4, -0.2) is 25.1 Å². The zero-order valence-electron chi connectivity index (χ0n) is 19.3. The summed E-state index contributed by atoms with van der Waals surface area (Å²) >= 11 is 1.48. The van der Waals surface area contributed by atoms with Gasteiger partial charge in [0.25, 0.3) is 5.91 Å². The molecule has 33 heavy (non-hydrogen) atoms. The van der Waals surface area contributed by atoms with E-state index < -0.39 is 0 Å². The van der Waals surface area contributed by atoms with Gasteiger partial charge in [0, 0.05) is 4.88 Å². The number of carbonyl (C=O) groups is 2. The number of rotatable bonds is 7. The number of thiophene rings is 1. The smallest absolute Gasteiger partial charge is 0.341 e. The van der Waals surface area contributed by atoms with Gasteiger partial charge in [-0.05, 0) is 67.9 Å². The predicted octanol–water partition coefficient (Wildman–Crippen LogP) is 6.04. The number of nitrogens with one attached hydrogen (secondary N) is 1. The number of anilines is 1. The molecule has 4 rings (SSSR count). The zero-order chi connectivity index (χ0) is 23.4. The van der Waals surface area contributed by atoms with Crippen molar-refractivity contribution in [1.82, 2.24) is 0 Å². The van der Waals surface area contributed by atoms with Gasteiger partial charge in [0.2, 0.25) is 0 Å². The number of ether oxygens (including phenoxy) is 2. The molecule has 172 valence electrons. The van der Waals surface area contributed by atoms with Gasteiger partial charge in [-0.2, -0.15) is 0 Å². The van der Waals surface area contributed by atoms with Gasteiger partial charge in [0.1, 0.15) is 10.8 Å². The van der Waals surface area contributed by atoms with E-state index in [4.69, 9.17) is 9.47 Å². The molecule has 1 aliphatic carbocycles. The Labute approximate surface area is 198 Å². The zero-order valence-corrected chi connectivity index (χ0v) is 20.1. The third-order valence-corrected chi connectivity index (χ3v) is 7.02. The van der Waals surface area contributed by atoms with E-state index in [1.165, 1.54) is 21.8 Å². The Hall–Kier alpha value is -3.12. The monoisotopic (exact) mass is 463 g/mol. The largest absolute Gasteiger partial charge is 0.484 e. The van der Waals surface area contributed by atoms with Crippen LogP contribution in [0.5, 0.6) is 5.75 Å². The maximum absolute atomic E-state index is 12.6. The summed E-state index contributed by atoms with van der Waals surface area (Å²) in [5, 5.41) is 3.45. The minimum absolute atomic E-state index is 0.134. The molecule has 1 aliphatic rings. The standard InChI is InChI=1S/C27H29NO4S/c1-4-31-27(30)25-22-14-7-18(3)15-23(22)33-26(25)28-24(29)16-32-21-12-10-20(11-13-21)19-8-5-17(2)6-9-19/h5-6,8-13,18H,4,7,14-16H2,1-3H3,(H,28,29). The van der Waals surface area contributed by atoms with E-state index in [0.717, 1.165) is 36.0 Å². The molecule has 1 aromatic heterocycles. The predicted molar refractivity (Wildman–Crippen MR) is 132 cm³/mol. The van der Waals surface area contributed by atoms with Crippen LogP contribution in [0.1, 0.15) is 46.6 Å². The molecular weight excluding hydrogens is 434 g/mol. The molecule has 3 aromatic rings. The van der Waals surface area contributed by atoms with E-state index in [-0.39, 0.29) is 18.5 Å². The number of aryl methyl sites for hydroxylation is 1. The first-order valence-corrected chi connectivity index (χ1v) is 12.2. The van der Waals surface area contributed by atoms with Gasteiger partial charge in [-0.15, -0.1) is 11.3 Å².